The van der Waals surface area contributed by atoms with Gasteiger partial charge < -0.3 is 0 Å². The van der Waals surface area contributed by atoms with Gasteiger partial charge in [0.25, 0.3) is 0 Å². The number of hydrogen-bond donors (Lipinski definition) is 0. The van der Waals surface area contributed by atoms with Crippen LogP contribution in [-0.2, 0) is 19.5 Å². The maximum atomic E-state index is 12.5. The SMILES string of the molecule is CCc1ccc(Cn2sc(=O)n(Cc3ccccc3)c2=O)cc1. The molecule has 0 radical (unpaired) electrons. The lowest BCUT2D eigenvalue weighted by atomic mass is 10.1. The van der Waals surface area contributed by atoms with Crippen LogP contribution in [-0.4, -0.2) is 8.52 Å². The smallest absolute Gasteiger partial charge is 0.255 e. The number of hydrogen-bond acceptors (Lipinski definition) is 3. The fourth-order valence-corrected chi connectivity index (χ4v) is 3.26. The molecule has 23 heavy (non-hydrogen) atoms. The Labute approximate surface area is 138 Å². The van der Waals surface area contributed by atoms with Crippen molar-refractivity contribution in [3.63, 3.8) is 0 Å². The fourth-order valence-electron chi connectivity index (χ4n) is 2.44. The van der Waals surface area contributed by atoms with Gasteiger partial charge in [0.1, 0.15) is 0 Å². The molecule has 5 heteroatoms. The van der Waals surface area contributed by atoms with Gasteiger partial charge in [-0.1, -0.05) is 61.5 Å². The van der Waals surface area contributed by atoms with Crippen LogP contribution < -0.4 is 10.6 Å². The number of rotatable bonds is 5. The third-order valence-corrected chi connectivity index (χ3v) is 4.68. The van der Waals surface area contributed by atoms with Crippen molar-refractivity contribution in [3.8, 4) is 0 Å². The highest BCUT2D eigenvalue weighted by Gasteiger charge is 2.11. The van der Waals surface area contributed by atoms with Crippen molar-refractivity contribution in [3.05, 3.63) is 91.4 Å². The van der Waals surface area contributed by atoms with Gasteiger partial charge in [-0.25, -0.2) is 13.3 Å². The first-order valence-electron chi connectivity index (χ1n) is 7.60. The predicted octanol–water partition coefficient (Wildman–Crippen LogP) is 2.73. The summed E-state index contributed by atoms with van der Waals surface area (Å²) in [7, 11) is 0. The van der Waals surface area contributed by atoms with Crippen LogP contribution in [0.25, 0.3) is 0 Å². The van der Waals surface area contributed by atoms with E-state index in [1.54, 1.807) is 0 Å². The summed E-state index contributed by atoms with van der Waals surface area (Å²) >= 11 is 0.977. The van der Waals surface area contributed by atoms with Gasteiger partial charge in [-0.3, -0.25) is 4.79 Å². The van der Waals surface area contributed by atoms with Crippen molar-refractivity contribution in [2.75, 3.05) is 0 Å². The second kappa shape index (κ2) is 6.79. The third kappa shape index (κ3) is 3.51. The molecule has 0 fully saturated rings. The second-order valence-electron chi connectivity index (χ2n) is 5.42. The molecule has 0 N–H and O–H groups in total. The molecular weight excluding hydrogens is 308 g/mol. The van der Waals surface area contributed by atoms with Crippen LogP contribution in [0.4, 0.5) is 0 Å². The zero-order chi connectivity index (χ0) is 16.2. The summed E-state index contributed by atoms with van der Waals surface area (Å²) in [6, 6.07) is 17.7. The largest absolute Gasteiger partial charge is 0.341 e. The molecule has 0 atom stereocenters. The van der Waals surface area contributed by atoms with Crippen LogP contribution in [0, 0.1) is 0 Å². The predicted molar refractivity (Wildman–Crippen MR) is 93.3 cm³/mol. The standard InChI is InChI=1S/C18H18N2O2S/c1-2-14-8-10-16(11-9-14)13-20-17(21)19(18(22)23-20)12-15-6-4-3-5-7-15/h3-11H,2,12-13H2,1H3. The minimum atomic E-state index is -0.247. The van der Waals surface area contributed by atoms with Crippen LogP contribution in [0.15, 0.2) is 64.2 Å². The van der Waals surface area contributed by atoms with E-state index >= 15 is 0 Å². The highest BCUT2D eigenvalue weighted by atomic mass is 32.1. The van der Waals surface area contributed by atoms with Crippen molar-refractivity contribution in [1.82, 2.24) is 8.52 Å². The Morgan fingerprint density at radius 3 is 2.09 bits per heavy atom. The van der Waals surface area contributed by atoms with E-state index in [9.17, 15) is 9.59 Å². The van der Waals surface area contributed by atoms with E-state index < -0.39 is 0 Å². The first kappa shape index (κ1) is 15.5. The molecule has 0 spiro atoms. The third-order valence-electron chi connectivity index (χ3n) is 3.79. The molecule has 0 aliphatic heterocycles. The highest BCUT2D eigenvalue weighted by Crippen LogP contribution is 2.07. The minimum Gasteiger partial charge on any atom is -0.255 e. The van der Waals surface area contributed by atoms with Crippen molar-refractivity contribution in [1.29, 1.82) is 0 Å². The van der Waals surface area contributed by atoms with Gasteiger partial charge in [-0.15, -0.1) is 0 Å². The molecule has 3 aromatic rings. The molecule has 3 rings (SSSR count). The van der Waals surface area contributed by atoms with Crippen molar-refractivity contribution < 1.29 is 0 Å². The molecule has 2 aromatic carbocycles. The number of aromatic nitrogens is 2. The van der Waals surface area contributed by atoms with E-state index in [0.29, 0.717) is 13.1 Å². The molecular formula is C18H18N2O2S. The molecule has 1 aromatic heterocycles. The Bertz CT molecular complexity index is 889. The molecule has 0 unspecified atom stereocenters. The summed E-state index contributed by atoms with van der Waals surface area (Å²) in [6.45, 7) is 2.86. The van der Waals surface area contributed by atoms with E-state index in [0.717, 1.165) is 29.1 Å². The Morgan fingerprint density at radius 2 is 1.43 bits per heavy atom. The van der Waals surface area contributed by atoms with Crippen LogP contribution in [0.2, 0.25) is 0 Å². The van der Waals surface area contributed by atoms with E-state index in [-0.39, 0.29) is 10.6 Å². The highest BCUT2D eigenvalue weighted by molar-refractivity contribution is 7.03. The summed E-state index contributed by atoms with van der Waals surface area (Å²) < 4.78 is 2.81. The van der Waals surface area contributed by atoms with E-state index in [1.807, 2.05) is 42.5 Å². The lowest BCUT2D eigenvalue weighted by Crippen LogP contribution is -2.29. The topological polar surface area (TPSA) is 44.0 Å². The summed E-state index contributed by atoms with van der Waals surface area (Å²) in [4.78, 5) is 24.4. The fraction of sp³-hybridized carbons (Fsp3) is 0.222. The summed E-state index contributed by atoms with van der Waals surface area (Å²) in [5.41, 5.74) is 2.99. The van der Waals surface area contributed by atoms with Crippen LogP contribution in [0.1, 0.15) is 23.6 Å². The van der Waals surface area contributed by atoms with E-state index in [4.69, 9.17) is 0 Å². The molecule has 0 aliphatic carbocycles. The molecule has 118 valence electrons. The average Bonchev–Trinajstić information content (AvgIpc) is 2.84. The molecule has 1 heterocycles. The van der Waals surface area contributed by atoms with Gasteiger partial charge in [0.15, 0.2) is 0 Å². The van der Waals surface area contributed by atoms with Crippen molar-refractivity contribution >= 4 is 11.5 Å². The Hall–Kier alpha value is -2.40. The normalized spacial score (nSPS) is 10.8. The van der Waals surface area contributed by atoms with E-state index in [1.165, 1.54) is 14.1 Å². The average molecular weight is 326 g/mol. The van der Waals surface area contributed by atoms with Gasteiger partial charge in [0.2, 0.25) is 0 Å². The zero-order valence-electron chi connectivity index (χ0n) is 12.9. The quantitative estimate of drug-likeness (QED) is 0.723. The van der Waals surface area contributed by atoms with Gasteiger partial charge in [0, 0.05) is 11.5 Å². The summed E-state index contributed by atoms with van der Waals surface area (Å²) in [6.07, 6.45) is 0.987. The molecule has 0 aliphatic rings. The summed E-state index contributed by atoms with van der Waals surface area (Å²) in [5.74, 6) is 0. The second-order valence-corrected chi connectivity index (χ2v) is 6.39. The Morgan fingerprint density at radius 1 is 0.826 bits per heavy atom. The number of aryl methyl sites for hydroxylation is 1. The van der Waals surface area contributed by atoms with Gasteiger partial charge in [0.05, 0.1) is 13.1 Å². The zero-order valence-corrected chi connectivity index (χ0v) is 13.8. The first-order chi connectivity index (χ1) is 11.2. The maximum Gasteiger partial charge on any atom is 0.341 e. The van der Waals surface area contributed by atoms with Gasteiger partial charge >= 0.3 is 10.6 Å². The molecule has 0 bridgehead atoms. The first-order valence-corrected chi connectivity index (χ1v) is 8.37. The maximum absolute atomic E-state index is 12.5. The van der Waals surface area contributed by atoms with Crippen LogP contribution in [0.3, 0.4) is 0 Å². The Balaban J connectivity index is 1.85. The Kier molecular flexibility index (Phi) is 4.57. The minimum absolute atomic E-state index is 0.218. The lowest BCUT2D eigenvalue weighted by Gasteiger charge is -2.03. The molecule has 0 saturated carbocycles. The van der Waals surface area contributed by atoms with Gasteiger partial charge in [-0.2, -0.15) is 0 Å². The molecule has 0 amide bonds. The number of benzene rings is 2. The van der Waals surface area contributed by atoms with Crippen molar-refractivity contribution in [2.45, 2.75) is 26.4 Å². The number of nitrogens with zero attached hydrogens (tertiary/aromatic N) is 2. The van der Waals surface area contributed by atoms with Crippen LogP contribution >= 0.6 is 11.5 Å². The van der Waals surface area contributed by atoms with E-state index in [2.05, 4.69) is 19.1 Å². The lowest BCUT2D eigenvalue weighted by molar-refractivity contribution is 0.685. The molecule has 0 saturated heterocycles. The van der Waals surface area contributed by atoms with Crippen LogP contribution in [0.5, 0.6) is 0 Å². The monoisotopic (exact) mass is 326 g/mol. The summed E-state index contributed by atoms with van der Waals surface area (Å²) in [5, 5.41) is 0. The van der Waals surface area contributed by atoms with Gasteiger partial charge in [-0.05, 0) is 23.1 Å². The van der Waals surface area contributed by atoms with Crippen molar-refractivity contribution in [2.24, 2.45) is 0 Å². The molecule has 4 nitrogen and oxygen atoms in total.